The Kier molecular flexibility index (Phi) is 5.37. The zero-order valence-electron chi connectivity index (χ0n) is 13.9. The lowest BCUT2D eigenvalue weighted by atomic mass is 9.95. The number of nitrogens with one attached hydrogen (secondary N) is 1. The third-order valence-electron chi connectivity index (χ3n) is 3.87. The lowest BCUT2D eigenvalue weighted by Gasteiger charge is -2.23. The van der Waals surface area contributed by atoms with Crippen LogP contribution in [0.3, 0.4) is 0 Å². The number of hydrogen-bond acceptors (Lipinski definition) is 2. The number of carbonyl (C=O) groups is 1. The molecule has 3 nitrogen and oxygen atoms in total. The van der Waals surface area contributed by atoms with Gasteiger partial charge in [0.2, 0.25) is 0 Å². The Labute approximate surface area is 136 Å². The van der Waals surface area contributed by atoms with Crippen LogP contribution in [-0.2, 0) is 0 Å². The molecular formula is C19H22FNO2. The standard InChI is InChI=1S/C19H22FNO2/c1-12(2)18(14-6-9-16(23-4)10-7-14)21-19(22)17-11-15(20)8-5-13(17)3/h5-12,18H,1-4H3,(H,21,22). The summed E-state index contributed by atoms with van der Waals surface area (Å²) in [5.41, 5.74) is 2.11. The van der Waals surface area contributed by atoms with Crippen LogP contribution in [0, 0.1) is 18.7 Å². The minimum atomic E-state index is -0.411. The molecule has 0 bridgehead atoms. The molecule has 4 heteroatoms. The number of ether oxygens (including phenoxy) is 1. The van der Waals surface area contributed by atoms with Crippen molar-refractivity contribution in [2.75, 3.05) is 7.11 Å². The Balaban J connectivity index is 2.24. The first-order chi connectivity index (χ1) is 10.9. The van der Waals surface area contributed by atoms with Crippen molar-refractivity contribution >= 4 is 5.91 Å². The van der Waals surface area contributed by atoms with Gasteiger partial charge in [-0.15, -0.1) is 0 Å². The molecule has 0 aromatic heterocycles. The van der Waals surface area contributed by atoms with Gasteiger partial charge in [0.1, 0.15) is 11.6 Å². The molecule has 23 heavy (non-hydrogen) atoms. The highest BCUT2D eigenvalue weighted by Crippen LogP contribution is 2.24. The molecular weight excluding hydrogens is 293 g/mol. The first-order valence-electron chi connectivity index (χ1n) is 7.63. The summed E-state index contributed by atoms with van der Waals surface area (Å²) < 4.78 is 18.6. The molecule has 0 spiro atoms. The van der Waals surface area contributed by atoms with Crippen molar-refractivity contribution in [3.05, 3.63) is 65.0 Å². The lowest BCUT2D eigenvalue weighted by Crippen LogP contribution is -2.32. The summed E-state index contributed by atoms with van der Waals surface area (Å²) in [5.74, 6) is 0.285. The molecule has 0 fully saturated rings. The van der Waals surface area contributed by atoms with E-state index in [-0.39, 0.29) is 17.9 Å². The smallest absolute Gasteiger partial charge is 0.252 e. The van der Waals surface area contributed by atoms with Crippen LogP contribution >= 0.6 is 0 Å². The van der Waals surface area contributed by atoms with Crippen LogP contribution in [0.5, 0.6) is 5.75 Å². The van der Waals surface area contributed by atoms with E-state index in [1.54, 1.807) is 20.1 Å². The summed E-state index contributed by atoms with van der Waals surface area (Å²) in [6, 6.07) is 11.7. The first-order valence-corrected chi connectivity index (χ1v) is 7.63. The second kappa shape index (κ2) is 7.27. The van der Waals surface area contributed by atoms with E-state index in [4.69, 9.17) is 4.74 Å². The second-order valence-corrected chi connectivity index (χ2v) is 5.93. The maximum atomic E-state index is 13.4. The number of carbonyl (C=O) groups excluding carboxylic acids is 1. The largest absolute Gasteiger partial charge is 0.497 e. The summed E-state index contributed by atoms with van der Waals surface area (Å²) in [5, 5.41) is 3.01. The monoisotopic (exact) mass is 315 g/mol. The summed E-state index contributed by atoms with van der Waals surface area (Å²) in [7, 11) is 1.61. The number of rotatable bonds is 5. The minimum Gasteiger partial charge on any atom is -0.497 e. The van der Waals surface area contributed by atoms with E-state index >= 15 is 0 Å². The molecule has 0 saturated heterocycles. The van der Waals surface area contributed by atoms with Crippen molar-refractivity contribution in [3.8, 4) is 5.75 Å². The topological polar surface area (TPSA) is 38.3 Å². The van der Waals surface area contributed by atoms with Crippen molar-refractivity contribution in [3.63, 3.8) is 0 Å². The third-order valence-corrected chi connectivity index (χ3v) is 3.87. The fourth-order valence-corrected chi connectivity index (χ4v) is 2.50. The maximum absolute atomic E-state index is 13.4. The highest BCUT2D eigenvalue weighted by Gasteiger charge is 2.20. The van der Waals surface area contributed by atoms with Crippen LogP contribution in [0.2, 0.25) is 0 Å². The number of halogens is 1. The van der Waals surface area contributed by atoms with Gasteiger partial charge in [-0.2, -0.15) is 0 Å². The van der Waals surface area contributed by atoms with Gasteiger partial charge >= 0.3 is 0 Å². The van der Waals surface area contributed by atoms with Gasteiger partial charge in [0.05, 0.1) is 13.2 Å². The zero-order chi connectivity index (χ0) is 17.0. The van der Waals surface area contributed by atoms with E-state index in [0.717, 1.165) is 16.9 Å². The fraction of sp³-hybridized carbons (Fsp3) is 0.316. The van der Waals surface area contributed by atoms with Crippen molar-refractivity contribution in [1.29, 1.82) is 0 Å². The maximum Gasteiger partial charge on any atom is 0.252 e. The Hall–Kier alpha value is -2.36. The Morgan fingerprint density at radius 1 is 1.13 bits per heavy atom. The van der Waals surface area contributed by atoms with Crippen LogP contribution in [0.4, 0.5) is 4.39 Å². The Morgan fingerprint density at radius 2 is 1.78 bits per heavy atom. The van der Waals surface area contributed by atoms with Crippen LogP contribution < -0.4 is 10.1 Å². The quantitative estimate of drug-likeness (QED) is 0.895. The van der Waals surface area contributed by atoms with Gasteiger partial charge in [-0.1, -0.05) is 32.0 Å². The normalized spacial score (nSPS) is 12.1. The highest BCUT2D eigenvalue weighted by molar-refractivity contribution is 5.95. The Bertz CT molecular complexity index is 680. The van der Waals surface area contributed by atoms with Gasteiger partial charge in [0.25, 0.3) is 5.91 Å². The lowest BCUT2D eigenvalue weighted by molar-refractivity contribution is 0.0924. The average molecular weight is 315 g/mol. The van der Waals surface area contributed by atoms with Gasteiger partial charge in [-0.25, -0.2) is 4.39 Å². The molecule has 1 amide bonds. The second-order valence-electron chi connectivity index (χ2n) is 5.93. The molecule has 0 radical (unpaired) electrons. The molecule has 0 aliphatic rings. The molecule has 2 aromatic rings. The molecule has 2 aromatic carbocycles. The Morgan fingerprint density at radius 3 is 2.35 bits per heavy atom. The highest BCUT2D eigenvalue weighted by atomic mass is 19.1. The molecule has 1 N–H and O–H groups in total. The summed E-state index contributed by atoms with van der Waals surface area (Å²) >= 11 is 0. The third kappa shape index (κ3) is 4.09. The van der Waals surface area contributed by atoms with Crippen molar-refractivity contribution in [1.82, 2.24) is 5.32 Å². The van der Waals surface area contributed by atoms with Crippen molar-refractivity contribution in [2.45, 2.75) is 26.8 Å². The fourth-order valence-electron chi connectivity index (χ4n) is 2.50. The molecule has 0 saturated carbocycles. The predicted molar refractivity (Wildman–Crippen MR) is 89.2 cm³/mol. The minimum absolute atomic E-state index is 0.156. The summed E-state index contributed by atoms with van der Waals surface area (Å²) in [6.45, 7) is 5.87. The molecule has 0 heterocycles. The first kappa shape index (κ1) is 17.0. The van der Waals surface area contributed by atoms with E-state index in [9.17, 15) is 9.18 Å². The van der Waals surface area contributed by atoms with Crippen LogP contribution in [0.25, 0.3) is 0 Å². The van der Waals surface area contributed by atoms with Crippen molar-refractivity contribution < 1.29 is 13.9 Å². The van der Waals surface area contributed by atoms with Crippen molar-refractivity contribution in [2.24, 2.45) is 5.92 Å². The number of aryl methyl sites for hydroxylation is 1. The molecule has 0 aliphatic carbocycles. The number of benzene rings is 2. The van der Waals surface area contributed by atoms with E-state index < -0.39 is 5.82 Å². The zero-order valence-corrected chi connectivity index (χ0v) is 13.9. The van der Waals surface area contributed by atoms with Gasteiger partial charge in [0.15, 0.2) is 0 Å². The predicted octanol–water partition coefficient (Wildman–Crippen LogP) is 4.27. The molecule has 122 valence electrons. The summed E-state index contributed by atoms with van der Waals surface area (Å²) in [4.78, 5) is 12.5. The van der Waals surface area contributed by atoms with E-state index in [1.165, 1.54) is 12.1 Å². The van der Waals surface area contributed by atoms with E-state index in [1.807, 2.05) is 38.1 Å². The van der Waals surface area contributed by atoms with Crippen LogP contribution in [0.15, 0.2) is 42.5 Å². The molecule has 2 rings (SSSR count). The van der Waals surface area contributed by atoms with Gasteiger partial charge < -0.3 is 10.1 Å². The van der Waals surface area contributed by atoms with Gasteiger partial charge in [-0.3, -0.25) is 4.79 Å². The van der Waals surface area contributed by atoms with Crippen LogP contribution in [-0.4, -0.2) is 13.0 Å². The average Bonchev–Trinajstić information content (AvgIpc) is 2.54. The molecule has 0 aliphatic heterocycles. The SMILES string of the molecule is COc1ccc(C(NC(=O)c2cc(F)ccc2C)C(C)C)cc1. The number of amides is 1. The van der Waals surface area contributed by atoms with E-state index in [2.05, 4.69) is 5.32 Å². The van der Waals surface area contributed by atoms with E-state index in [0.29, 0.717) is 5.56 Å². The summed E-state index contributed by atoms with van der Waals surface area (Å²) in [6.07, 6.45) is 0. The molecule has 1 unspecified atom stereocenters. The van der Waals surface area contributed by atoms with Crippen LogP contribution in [0.1, 0.15) is 41.4 Å². The van der Waals surface area contributed by atoms with Gasteiger partial charge in [-0.05, 0) is 48.2 Å². The molecule has 1 atom stereocenters. The number of hydrogen-bond donors (Lipinski definition) is 1. The number of methoxy groups -OCH3 is 1. The van der Waals surface area contributed by atoms with Gasteiger partial charge in [0, 0.05) is 5.56 Å².